The fraction of sp³-hybridized carbons (Fsp3) is 0.500. The standard InChI is InChI=1S/C32H42ClFN6O4Si/c1-32(2,3)44-31(42)36-25-11-13-39(18-24(25)34)26-16-35-28-23(17-40(29(28)37-26)19-43-14-15-45(5,6)7)20-8-9-22-21(27(20)33)10-12-38(4)30(22)41/h8-10,12,16-17,24-25H,11,13-15,18-19H2,1-7H3,(H,36,42)/t24-,25+/m1/s1. The second-order valence-corrected chi connectivity index (χ2v) is 19.9. The fourth-order valence-corrected chi connectivity index (χ4v) is 6.44. The molecule has 3 aromatic heterocycles. The number of hydrogen-bond donors (Lipinski definition) is 1. The highest BCUT2D eigenvalue weighted by Gasteiger charge is 2.33. The van der Waals surface area contributed by atoms with E-state index in [0.29, 0.717) is 52.3 Å². The van der Waals surface area contributed by atoms with E-state index >= 15 is 4.39 Å². The molecule has 13 heteroatoms. The van der Waals surface area contributed by atoms with E-state index in [1.807, 2.05) is 27.8 Å². The molecule has 1 aliphatic rings. The van der Waals surface area contributed by atoms with E-state index in [1.54, 1.807) is 46.3 Å². The van der Waals surface area contributed by atoms with Crippen LogP contribution in [0.3, 0.4) is 0 Å². The van der Waals surface area contributed by atoms with Crippen LogP contribution in [-0.4, -0.2) is 70.8 Å². The van der Waals surface area contributed by atoms with Gasteiger partial charge in [0.1, 0.15) is 29.8 Å². The monoisotopic (exact) mass is 656 g/mol. The van der Waals surface area contributed by atoms with Crippen molar-refractivity contribution in [1.82, 2.24) is 24.4 Å². The van der Waals surface area contributed by atoms with Crippen molar-refractivity contribution >= 4 is 53.5 Å². The molecule has 4 heterocycles. The van der Waals surface area contributed by atoms with E-state index in [0.717, 1.165) is 17.2 Å². The smallest absolute Gasteiger partial charge is 0.407 e. The van der Waals surface area contributed by atoms with Crippen molar-refractivity contribution in [2.45, 2.75) is 77.4 Å². The predicted molar refractivity (Wildman–Crippen MR) is 180 cm³/mol. The van der Waals surface area contributed by atoms with E-state index in [9.17, 15) is 9.59 Å². The zero-order valence-corrected chi connectivity index (χ0v) is 28.7. The van der Waals surface area contributed by atoms with Crippen molar-refractivity contribution < 1.29 is 18.7 Å². The molecule has 1 amide bonds. The Morgan fingerprint density at radius 2 is 1.93 bits per heavy atom. The number of carbonyl (C=O) groups is 1. The van der Waals surface area contributed by atoms with Crippen LogP contribution in [0.4, 0.5) is 15.0 Å². The lowest BCUT2D eigenvalue weighted by Gasteiger charge is -2.35. The lowest BCUT2D eigenvalue weighted by atomic mass is 10.0. The number of anilines is 1. The van der Waals surface area contributed by atoms with Crippen LogP contribution in [0.5, 0.6) is 0 Å². The summed E-state index contributed by atoms with van der Waals surface area (Å²) in [4.78, 5) is 36.5. The first-order chi connectivity index (χ1) is 21.1. The van der Waals surface area contributed by atoms with Crippen LogP contribution >= 0.6 is 11.6 Å². The van der Waals surface area contributed by atoms with Gasteiger partial charge in [-0.15, -0.1) is 0 Å². The molecule has 0 aliphatic carbocycles. The average Bonchev–Trinajstić information content (AvgIpc) is 3.30. The number of rotatable bonds is 8. The van der Waals surface area contributed by atoms with Crippen LogP contribution < -0.4 is 15.8 Å². The number of nitrogens with one attached hydrogen (secondary N) is 1. The Morgan fingerprint density at radius 3 is 2.62 bits per heavy atom. The van der Waals surface area contributed by atoms with Crippen molar-refractivity contribution in [2.75, 3.05) is 24.6 Å². The Hall–Kier alpha value is -3.48. The maximum absolute atomic E-state index is 15.3. The van der Waals surface area contributed by atoms with E-state index in [2.05, 4.69) is 25.0 Å². The Labute approximate surface area is 268 Å². The van der Waals surface area contributed by atoms with Gasteiger partial charge in [0.05, 0.1) is 23.8 Å². The maximum Gasteiger partial charge on any atom is 0.407 e. The molecular formula is C32H42ClFN6O4Si. The first-order valence-corrected chi connectivity index (χ1v) is 19.3. The summed E-state index contributed by atoms with van der Waals surface area (Å²) in [5, 5.41) is 4.32. The molecular weight excluding hydrogens is 615 g/mol. The number of hydrogen-bond acceptors (Lipinski definition) is 7. The number of pyridine rings is 1. The largest absolute Gasteiger partial charge is 0.444 e. The number of alkyl carbamates (subject to hydrolysis) is 1. The van der Waals surface area contributed by atoms with Crippen molar-refractivity contribution in [3.8, 4) is 11.1 Å². The Morgan fingerprint density at radius 1 is 1.18 bits per heavy atom. The summed E-state index contributed by atoms with van der Waals surface area (Å²) < 4.78 is 30.1. The summed E-state index contributed by atoms with van der Waals surface area (Å²) >= 11 is 6.92. The summed E-state index contributed by atoms with van der Waals surface area (Å²) in [6, 6.07) is 5.81. The number of nitrogens with zero attached hydrogens (tertiary/aromatic N) is 5. The number of halogens is 2. The number of carbonyl (C=O) groups excluding carboxylic acids is 1. The van der Waals surface area contributed by atoms with Crippen LogP contribution in [0.2, 0.25) is 30.7 Å². The van der Waals surface area contributed by atoms with Gasteiger partial charge in [-0.05, 0) is 45.4 Å². The average molecular weight is 657 g/mol. The third-order valence-corrected chi connectivity index (χ3v) is 9.94. The minimum atomic E-state index is -1.32. The number of piperidine rings is 1. The summed E-state index contributed by atoms with van der Waals surface area (Å²) in [6.07, 6.45) is 3.70. The molecule has 242 valence electrons. The third-order valence-electron chi connectivity index (χ3n) is 7.83. The molecule has 1 aromatic carbocycles. The summed E-state index contributed by atoms with van der Waals surface area (Å²) in [6.45, 7) is 13.6. The molecule has 45 heavy (non-hydrogen) atoms. The zero-order valence-electron chi connectivity index (χ0n) is 27.0. The van der Waals surface area contributed by atoms with Crippen molar-refractivity contribution in [2.24, 2.45) is 7.05 Å². The lowest BCUT2D eigenvalue weighted by Crippen LogP contribution is -2.53. The second kappa shape index (κ2) is 12.7. The summed E-state index contributed by atoms with van der Waals surface area (Å²) in [5.41, 5.74) is 1.90. The molecule has 10 nitrogen and oxygen atoms in total. The molecule has 0 saturated carbocycles. The van der Waals surface area contributed by atoms with Crippen molar-refractivity contribution in [3.05, 3.63) is 52.2 Å². The molecule has 0 radical (unpaired) electrons. The van der Waals surface area contributed by atoms with Gasteiger partial charge in [0.25, 0.3) is 5.56 Å². The van der Waals surface area contributed by atoms with Gasteiger partial charge in [0.2, 0.25) is 0 Å². The molecule has 0 spiro atoms. The van der Waals surface area contributed by atoms with Gasteiger partial charge in [0, 0.05) is 62.6 Å². The fourth-order valence-electron chi connectivity index (χ4n) is 5.36. The number of aromatic nitrogens is 4. The molecule has 1 fully saturated rings. The second-order valence-electron chi connectivity index (χ2n) is 13.9. The van der Waals surface area contributed by atoms with Gasteiger partial charge in [0.15, 0.2) is 5.65 Å². The lowest BCUT2D eigenvalue weighted by molar-refractivity contribution is 0.0463. The van der Waals surface area contributed by atoms with E-state index < -0.39 is 32.0 Å². The summed E-state index contributed by atoms with van der Waals surface area (Å²) in [7, 11) is 0.418. The number of aryl methyl sites for hydroxylation is 1. The summed E-state index contributed by atoms with van der Waals surface area (Å²) in [5.74, 6) is 0.530. The van der Waals surface area contributed by atoms with Gasteiger partial charge < -0.3 is 28.8 Å². The van der Waals surface area contributed by atoms with Crippen LogP contribution in [-0.2, 0) is 23.3 Å². The van der Waals surface area contributed by atoms with Crippen LogP contribution in [0.25, 0.3) is 33.1 Å². The van der Waals surface area contributed by atoms with Gasteiger partial charge in [-0.3, -0.25) is 4.79 Å². The van der Waals surface area contributed by atoms with E-state index in [1.165, 1.54) is 4.57 Å². The van der Waals surface area contributed by atoms with E-state index in [-0.39, 0.29) is 18.8 Å². The normalized spacial score (nSPS) is 17.7. The van der Waals surface area contributed by atoms with Gasteiger partial charge in [-0.2, -0.15) is 0 Å². The van der Waals surface area contributed by atoms with Crippen molar-refractivity contribution in [3.63, 3.8) is 0 Å². The minimum Gasteiger partial charge on any atom is -0.444 e. The quantitative estimate of drug-likeness (QED) is 0.174. The highest BCUT2D eigenvalue weighted by molar-refractivity contribution is 6.76. The van der Waals surface area contributed by atoms with Crippen LogP contribution in [0.15, 0.2) is 41.6 Å². The van der Waals surface area contributed by atoms with Crippen LogP contribution in [0, 0.1) is 0 Å². The van der Waals surface area contributed by atoms with Gasteiger partial charge >= 0.3 is 6.09 Å². The molecule has 2 atom stereocenters. The molecule has 5 rings (SSSR count). The molecule has 0 bridgehead atoms. The molecule has 0 unspecified atom stereocenters. The first-order valence-electron chi connectivity index (χ1n) is 15.2. The number of ether oxygens (including phenoxy) is 2. The highest BCUT2D eigenvalue weighted by Crippen LogP contribution is 2.38. The van der Waals surface area contributed by atoms with Crippen LogP contribution in [0.1, 0.15) is 27.2 Å². The third kappa shape index (κ3) is 7.50. The highest BCUT2D eigenvalue weighted by atomic mass is 35.5. The van der Waals surface area contributed by atoms with E-state index in [4.69, 9.17) is 31.0 Å². The number of amides is 1. The molecule has 1 N–H and O–H groups in total. The molecule has 1 saturated heterocycles. The Kier molecular flexibility index (Phi) is 9.30. The molecule has 4 aromatic rings. The zero-order chi connectivity index (χ0) is 32.7. The molecule has 1 aliphatic heterocycles. The minimum absolute atomic E-state index is 0.0480. The Balaban J connectivity index is 1.46. The topological polar surface area (TPSA) is 104 Å². The number of alkyl halides is 1. The van der Waals surface area contributed by atoms with Crippen molar-refractivity contribution in [1.29, 1.82) is 0 Å². The first kappa shape index (κ1) is 32.9. The number of fused-ring (bicyclic) bond motifs is 2. The maximum atomic E-state index is 15.3. The Bertz CT molecular complexity index is 1780. The van der Waals surface area contributed by atoms with Gasteiger partial charge in [-0.1, -0.05) is 37.3 Å². The predicted octanol–water partition coefficient (Wildman–Crippen LogP) is 6.36. The SMILES string of the molecule is Cn1ccc2c(Cl)c(-c3cn(COCC[Si](C)(C)C)c4nc(N5CC[C@H](NC(=O)OC(C)(C)C)[C@H](F)C5)cnc34)ccc2c1=O. The van der Waals surface area contributed by atoms with Gasteiger partial charge in [-0.25, -0.2) is 19.2 Å². The number of benzene rings is 1.